The summed E-state index contributed by atoms with van der Waals surface area (Å²) in [6, 6.07) is 12.0. The number of piperazine rings is 1. The number of phenols is 1. The standard InChI is InChI=1S/C27H25ClFN5O5/c1-15-14-32(27(38)39)10-11-33(15)24-17-13-18(28)23(22-19(29)6-4-8-21(22)36)30-25(17)34(26(37)31-24)20-7-3-2-5-16(20)9-12-35/h2-8,13,15,35-36H,9-12,14H2,1H3,(H,38,39)/t15-/m0/s1. The molecule has 2 aromatic carbocycles. The molecule has 1 atom stereocenters. The molecular formula is C27H25ClFN5O5. The SMILES string of the molecule is C[C@H]1CN(C(=O)O)CCN1c1nc(=O)n(-c2ccccc2CCO)c2nc(-c3c(O)cccc3F)c(Cl)cc12. The first kappa shape index (κ1) is 26.4. The fourth-order valence-corrected chi connectivity index (χ4v) is 5.22. The van der Waals surface area contributed by atoms with Crippen molar-refractivity contribution in [3.05, 3.63) is 75.4 Å². The van der Waals surface area contributed by atoms with Gasteiger partial charge in [-0.25, -0.2) is 23.5 Å². The summed E-state index contributed by atoms with van der Waals surface area (Å²) in [5, 5.41) is 29.9. The molecule has 1 aliphatic rings. The average molecular weight is 554 g/mol. The molecule has 0 bridgehead atoms. The Kier molecular flexibility index (Phi) is 7.11. The summed E-state index contributed by atoms with van der Waals surface area (Å²) in [4.78, 5) is 37.3. The quantitative estimate of drug-likeness (QED) is 0.341. The Morgan fingerprint density at radius 3 is 2.62 bits per heavy atom. The fraction of sp³-hybridized carbons (Fsp3) is 0.259. The minimum absolute atomic E-state index is 0.0246. The minimum Gasteiger partial charge on any atom is -0.507 e. The Hall–Kier alpha value is -4.22. The number of carbonyl (C=O) groups is 1. The number of benzene rings is 2. The fourth-order valence-electron chi connectivity index (χ4n) is 4.97. The van der Waals surface area contributed by atoms with Crippen LogP contribution in [0.2, 0.25) is 5.02 Å². The summed E-state index contributed by atoms with van der Waals surface area (Å²) < 4.78 is 16.2. The number of fused-ring (bicyclic) bond motifs is 1. The molecule has 0 spiro atoms. The molecule has 2 aromatic heterocycles. The third kappa shape index (κ3) is 4.75. The van der Waals surface area contributed by atoms with E-state index >= 15 is 0 Å². The van der Waals surface area contributed by atoms with Crippen LogP contribution in [0.1, 0.15) is 12.5 Å². The third-order valence-corrected chi connectivity index (χ3v) is 7.10. The molecule has 3 heterocycles. The number of pyridine rings is 1. The lowest BCUT2D eigenvalue weighted by Crippen LogP contribution is -2.54. The van der Waals surface area contributed by atoms with Gasteiger partial charge in [-0.15, -0.1) is 0 Å². The molecule has 0 saturated carbocycles. The van der Waals surface area contributed by atoms with Crippen LogP contribution < -0.4 is 10.6 Å². The van der Waals surface area contributed by atoms with E-state index in [1.807, 2.05) is 11.8 Å². The number of para-hydroxylation sites is 1. The van der Waals surface area contributed by atoms with Crippen molar-refractivity contribution in [2.75, 3.05) is 31.1 Å². The molecule has 12 heteroatoms. The van der Waals surface area contributed by atoms with E-state index in [1.54, 1.807) is 24.3 Å². The maximum absolute atomic E-state index is 14.9. The second-order valence-corrected chi connectivity index (χ2v) is 9.66. The molecule has 10 nitrogen and oxygen atoms in total. The molecular weight excluding hydrogens is 529 g/mol. The van der Waals surface area contributed by atoms with Gasteiger partial charge in [0.25, 0.3) is 0 Å². The van der Waals surface area contributed by atoms with Crippen molar-refractivity contribution in [3.8, 4) is 22.7 Å². The summed E-state index contributed by atoms with van der Waals surface area (Å²) in [6.07, 6.45) is -0.775. The van der Waals surface area contributed by atoms with Gasteiger partial charge in [0, 0.05) is 32.3 Å². The zero-order valence-electron chi connectivity index (χ0n) is 20.9. The van der Waals surface area contributed by atoms with Crippen LogP contribution in [0, 0.1) is 5.82 Å². The highest BCUT2D eigenvalue weighted by Gasteiger charge is 2.30. The minimum atomic E-state index is -1.03. The van der Waals surface area contributed by atoms with Gasteiger partial charge in [0.2, 0.25) is 0 Å². The van der Waals surface area contributed by atoms with Gasteiger partial charge in [-0.2, -0.15) is 4.98 Å². The van der Waals surface area contributed by atoms with Crippen LogP contribution in [0.5, 0.6) is 5.75 Å². The Morgan fingerprint density at radius 1 is 1.15 bits per heavy atom. The van der Waals surface area contributed by atoms with Crippen molar-refractivity contribution < 1.29 is 24.5 Å². The van der Waals surface area contributed by atoms with E-state index in [2.05, 4.69) is 9.97 Å². The van der Waals surface area contributed by atoms with Gasteiger partial charge in [-0.3, -0.25) is 0 Å². The molecule has 0 aliphatic carbocycles. The number of halogens is 2. The number of rotatable bonds is 5. The van der Waals surface area contributed by atoms with Crippen LogP contribution in [0.4, 0.5) is 15.0 Å². The molecule has 5 rings (SSSR count). The molecule has 1 saturated heterocycles. The number of aromatic hydroxyl groups is 1. The topological polar surface area (TPSA) is 132 Å². The molecule has 0 radical (unpaired) electrons. The molecule has 39 heavy (non-hydrogen) atoms. The maximum atomic E-state index is 14.9. The largest absolute Gasteiger partial charge is 0.507 e. The van der Waals surface area contributed by atoms with Crippen molar-refractivity contribution in [3.63, 3.8) is 0 Å². The first-order valence-corrected chi connectivity index (χ1v) is 12.6. The Bertz CT molecular complexity index is 1630. The predicted octanol–water partition coefficient (Wildman–Crippen LogP) is 3.67. The number of hydrogen-bond donors (Lipinski definition) is 3. The second kappa shape index (κ2) is 10.5. The van der Waals surface area contributed by atoms with Gasteiger partial charge in [0.15, 0.2) is 5.65 Å². The van der Waals surface area contributed by atoms with Gasteiger partial charge in [0.1, 0.15) is 17.4 Å². The van der Waals surface area contributed by atoms with Crippen LogP contribution in [0.25, 0.3) is 28.0 Å². The van der Waals surface area contributed by atoms with Crippen molar-refractivity contribution in [2.24, 2.45) is 0 Å². The monoisotopic (exact) mass is 553 g/mol. The summed E-state index contributed by atoms with van der Waals surface area (Å²) >= 11 is 6.62. The summed E-state index contributed by atoms with van der Waals surface area (Å²) in [7, 11) is 0. The molecule has 1 fully saturated rings. The van der Waals surface area contributed by atoms with Crippen LogP contribution in [-0.4, -0.2) is 73.1 Å². The zero-order chi connectivity index (χ0) is 27.8. The first-order chi connectivity index (χ1) is 18.7. The lowest BCUT2D eigenvalue weighted by Gasteiger charge is -2.39. The number of carboxylic acid groups (broad SMARTS) is 1. The lowest BCUT2D eigenvalue weighted by atomic mass is 10.1. The second-order valence-electron chi connectivity index (χ2n) is 9.25. The van der Waals surface area contributed by atoms with E-state index in [4.69, 9.17) is 11.6 Å². The van der Waals surface area contributed by atoms with Gasteiger partial charge >= 0.3 is 11.8 Å². The van der Waals surface area contributed by atoms with Crippen LogP contribution in [0.3, 0.4) is 0 Å². The summed E-state index contributed by atoms with van der Waals surface area (Å²) in [5.74, 6) is -0.848. The number of aliphatic hydroxyl groups excluding tert-OH is 1. The highest BCUT2D eigenvalue weighted by molar-refractivity contribution is 6.34. The van der Waals surface area contributed by atoms with E-state index in [0.29, 0.717) is 16.6 Å². The number of phenolic OH excluding ortho intramolecular Hbond substituents is 1. The van der Waals surface area contributed by atoms with Crippen molar-refractivity contribution >= 4 is 34.5 Å². The third-order valence-electron chi connectivity index (χ3n) is 6.81. The van der Waals surface area contributed by atoms with Gasteiger partial charge in [-0.05, 0) is 43.2 Å². The Balaban J connectivity index is 1.81. The lowest BCUT2D eigenvalue weighted by molar-refractivity contribution is 0.136. The van der Waals surface area contributed by atoms with Gasteiger partial charge < -0.3 is 25.1 Å². The normalized spacial score (nSPS) is 15.6. The Morgan fingerprint density at radius 2 is 1.92 bits per heavy atom. The number of aromatic nitrogens is 3. The highest BCUT2D eigenvalue weighted by Crippen LogP contribution is 2.38. The van der Waals surface area contributed by atoms with E-state index in [0.717, 1.165) is 0 Å². The van der Waals surface area contributed by atoms with Crippen LogP contribution in [0.15, 0.2) is 53.3 Å². The predicted molar refractivity (Wildman–Crippen MR) is 144 cm³/mol. The van der Waals surface area contributed by atoms with Crippen molar-refractivity contribution in [2.45, 2.75) is 19.4 Å². The highest BCUT2D eigenvalue weighted by atomic mass is 35.5. The number of amides is 1. The van der Waals surface area contributed by atoms with E-state index in [9.17, 15) is 29.3 Å². The van der Waals surface area contributed by atoms with Gasteiger partial charge in [-0.1, -0.05) is 35.9 Å². The maximum Gasteiger partial charge on any atom is 0.407 e. The Labute approximate surface area is 227 Å². The molecule has 0 unspecified atom stereocenters. The molecule has 4 aromatic rings. The zero-order valence-corrected chi connectivity index (χ0v) is 21.6. The molecule has 1 amide bonds. The van der Waals surface area contributed by atoms with Crippen LogP contribution >= 0.6 is 11.6 Å². The smallest absolute Gasteiger partial charge is 0.407 e. The summed E-state index contributed by atoms with van der Waals surface area (Å²) in [6.45, 7) is 2.34. The van der Waals surface area contributed by atoms with Crippen molar-refractivity contribution in [1.29, 1.82) is 0 Å². The van der Waals surface area contributed by atoms with E-state index < -0.39 is 17.6 Å². The van der Waals surface area contributed by atoms with Crippen LogP contribution in [-0.2, 0) is 6.42 Å². The molecule has 3 N–H and O–H groups in total. The first-order valence-electron chi connectivity index (χ1n) is 12.3. The van der Waals surface area contributed by atoms with E-state index in [1.165, 1.54) is 33.7 Å². The number of nitrogens with zero attached hydrogens (tertiary/aromatic N) is 5. The van der Waals surface area contributed by atoms with Gasteiger partial charge in [0.05, 0.1) is 27.4 Å². The van der Waals surface area contributed by atoms with E-state index in [-0.39, 0.29) is 72.2 Å². The number of anilines is 1. The summed E-state index contributed by atoms with van der Waals surface area (Å²) in [5.41, 5.74) is 0.262. The molecule has 1 aliphatic heterocycles. The number of aliphatic hydroxyl groups is 1. The van der Waals surface area contributed by atoms with Crippen molar-refractivity contribution in [1.82, 2.24) is 19.4 Å². The average Bonchev–Trinajstić information content (AvgIpc) is 2.89. The number of hydrogen-bond acceptors (Lipinski definition) is 7. The molecule has 202 valence electrons.